The minimum Gasteiger partial charge on any atom is -0.335 e. The molecule has 23 heavy (non-hydrogen) atoms. The molecule has 1 aliphatic heterocycles. The molecule has 2 fully saturated rings. The van der Waals surface area contributed by atoms with Crippen molar-refractivity contribution in [2.24, 2.45) is 10.8 Å². The zero-order valence-electron chi connectivity index (χ0n) is 14.5. The van der Waals surface area contributed by atoms with Crippen molar-refractivity contribution < 1.29 is 9.59 Å². The molecule has 1 saturated heterocycles. The molecule has 2 unspecified atom stereocenters. The van der Waals surface area contributed by atoms with Crippen LogP contribution in [0.1, 0.15) is 57.3 Å². The lowest BCUT2D eigenvalue weighted by Gasteiger charge is -2.39. The maximum atomic E-state index is 12.9. The van der Waals surface area contributed by atoms with E-state index >= 15 is 0 Å². The summed E-state index contributed by atoms with van der Waals surface area (Å²) in [4.78, 5) is 26.1. The molecule has 124 valence electrons. The van der Waals surface area contributed by atoms with E-state index in [2.05, 4.69) is 31.0 Å². The Bertz CT molecular complexity index is 635. The van der Waals surface area contributed by atoms with Gasteiger partial charge in [-0.05, 0) is 54.4 Å². The third kappa shape index (κ3) is 3.26. The van der Waals surface area contributed by atoms with Crippen molar-refractivity contribution in [3.63, 3.8) is 0 Å². The molecule has 1 aromatic rings. The van der Waals surface area contributed by atoms with E-state index in [0.29, 0.717) is 17.0 Å². The number of nitrogens with zero attached hydrogens (tertiary/aromatic N) is 1. The molecule has 1 aliphatic carbocycles. The Kier molecular flexibility index (Phi) is 3.74. The number of hydrogen-bond acceptors (Lipinski definition) is 2. The smallest absolute Gasteiger partial charge is 0.254 e. The van der Waals surface area contributed by atoms with Gasteiger partial charge in [0.25, 0.3) is 5.91 Å². The molecule has 0 spiro atoms. The van der Waals surface area contributed by atoms with Gasteiger partial charge in [0.1, 0.15) is 0 Å². The number of carbonyl (C=O) groups excluding carboxylic acids is 2. The van der Waals surface area contributed by atoms with Crippen LogP contribution in [0.15, 0.2) is 24.3 Å². The van der Waals surface area contributed by atoms with E-state index in [1.54, 1.807) is 12.1 Å². The average Bonchev–Trinajstić information content (AvgIpc) is 2.67. The van der Waals surface area contributed by atoms with Crippen LogP contribution in [0.2, 0.25) is 0 Å². The molecule has 2 aliphatic rings. The maximum Gasteiger partial charge on any atom is 0.254 e. The van der Waals surface area contributed by atoms with Crippen LogP contribution in [0.5, 0.6) is 0 Å². The summed E-state index contributed by atoms with van der Waals surface area (Å²) in [7, 11) is 0. The van der Waals surface area contributed by atoms with E-state index in [1.165, 1.54) is 13.3 Å². The monoisotopic (exact) mass is 314 g/mol. The fourth-order valence-corrected chi connectivity index (χ4v) is 4.76. The number of benzene rings is 1. The van der Waals surface area contributed by atoms with Gasteiger partial charge in [0.2, 0.25) is 5.91 Å². The Morgan fingerprint density at radius 3 is 2.39 bits per heavy atom. The summed E-state index contributed by atoms with van der Waals surface area (Å²) in [6.07, 6.45) is 3.38. The second-order valence-corrected chi connectivity index (χ2v) is 8.41. The van der Waals surface area contributed by atoms with Crippen molar-refractivity contribution in [3.05, 3.63) is 29.8 Å². The van der Waals surface area contributed by atoms with Crippen LogP contribution < -0.4 is 5.32 Å². The molecule has 2 amide bonds. The predicted molar refractivity (Wildman–Crippen MR) is 91.3 cm³/mol. The highest BCUT2D eigenvalue weighted by Gasteiger charge is 2.50. The van der Waals surface area contributed by atoms with E-state index in [9.17, 15) is 9.59 Å². The van der Waals surface area contributed by atoms with Crippen LogP contribution in [0.3, 0.4) is 0 Å². The van der Waals surface area contributed by atoms with Crippen LogP contribution in [-0.4, -0.2) is 29.3 Å². The molecular formula is C19H26N2O2. The number of hydrogen-bond donors (Lipinski definition) is 1. The summed E-state index contributed by atoms with van der Waals surface area (Å²) in [6, 6.07) is 7.56. The Balaban J connectivity index is 1.77. The fraction of sp³-hybridized carbons (Fsp3) is 0.579. The van der Waals surface area contributed by atoms with Crippen molar-refractivity contribution in [2.75, 3.05) is 11.9 Å². The number of fused-ring (bicyclic) bond motifs is 2. The normalized spacial score (nSPS) is 28.5. The lowest BCUT2D eigenvalue weighted by molar-refractivity contribution is -0.114. The first-order valence-electron chi connectivity index (χ1n) is 8.36. The topological polar surface area (TPSA) is 49.4 Å². The second-order valence-electron chi connectivity index (χ2n) is 8.41. The maximum absolute atomic E-state index is 12.9. The molecule has 1 aromatic carbocycles. The Morgan fingerprint density at radius 1 is 1.13 bits per heavy atom. The molecular weight excluding hydrogens is 288 g/mol. The van der Waals surface area contributed by atoms with Crippen LogP contribution in [0.4, 0.5) is 5.69 Å². The van der Waals surface area contributed by atoms with E-state index < -0.39 is 0 Å². The highest BCUT2D eigenvalue weighted by Crippen LogP contribution is 2.52. The number of anilines is 1. The number of likely N-dealkylation sites (tertiary alicyclic amines) is 1. The lowest BCUT2D eigenvalue weighted by atomic mass is 9.65. The van der Waals surface area contributed by atoms with Crippen LogP contribution >= 0.6 is 0 Å². The molecule has 3 rings (SSSR count). The SMILES string of the molecule is CC(=O)Nc1ccc(C(=O)N2CC3(C)CC2CC(C)(C)C3)cc1. The van der Waals surface area contributed by atoms with Crippen molar-refractivity contribution in [2.45, 2.75) is 53.0 Å². The molecule has 4 nitrogen and oxygen atoms in total. The summed E-state index contributed by atoms with van der Waals surface area (Å²) in [5.74, 6) is 0.0124. The molecule has 1 saturated carbocycles. The first-order valence-corrected chi connectivity index (χ1v) is 8.36. The van der Waals surface area contributed by atoms with Gasteiger partial charge in [-0.2, -0.15) is 0 Å². The Hall–Kier alpha value is -1.84. The molecule has 0 radical (unpaired) electrons. The zero-order chi connectivity index (χ0) is 16.8. The molecule has 1 heterocycles. The molecule has 2 atom stereocenters. The highest BCUT2D eigenvalue weighted by atomic mass is 16.2. The average molecular weight is 314 g/mol. The molecule has 0 aromatic heterocycles. The molecule has 2 bridgehead atoms. The minimum atomic E-state index is -0.104. The quantitative estimate of drug-likeness (QED) is 0.905. The van der Waals surface area contributed by atoms with Gasteiger partial charge in [0, 0.05) is 30.8 Å². The van der Waals surface area contributed by atoms with E-state index in [-0.39, 0.29) is 17.2 Å². The van der Waals surface area contributed by atoms with E-state index in [0.717, 1.165) is 25.1 Å². The Labute approximate surface area is 138 Å². The fourth-order valence-electron chi connectivity index (χ4n) is 4.76. The second kappa shape index (κ2) is 5.36. The number of rotatable bonds is 2. The number of carbonyl (C=O) groups is 2. The van der Waals surface area contributed by atoms with Gasteiger partial charge in [-0.3, -0.25) is 9.59 Å². The van der Waals surface area contributed by atoms with E-state index in [4.69, 9.17) is 0 Å². The highest BCUT2D eigenvalue weighted by molar-refractivity contribution is 5.96. The van der Waals surface area contributed by atoms with Crippen LogP contribution in [-0.2, 0) is 4.79 Å². The molecule has 1 N–H and O–H groups in total. The summed E-state index contributed by atoms with van der Waals surface area (Å²) >= 11 is 0. The van der Waals surface area contributed by atoms with Crippen molar-refractivity contribution in [1.82, 2.24) is 4.90 Å². The molecule has 4 heteroatoms. The van der Waals surface area contributed by atoms with Gasteiger partial charge in [-0.1, -0.05) is 20.8 Å². The van der Waals surface area contributed by atoms with Gasteiger partial charge in [0.15, 0.2) is 0 Å². The van der Waals surface area contributed by atoms with Crippen molar-refractivity contribution in [3.8, 4) is 0 Å². The third-order valence-corrected chi connectivity index (χ3v) is 5.13. The van der Waals surface area contributed by atoms with Gasteiger partial charge >= 0.3 is 0 Å². The van der Waals surface area contributed by atoms with Crippen molar-refractivity contribution >= 4 is 17.5 Å². The summed E-state index contributed by atoms with van der Waals surface area (Å²) in [6.45, 7) is 9.27. The summed E-state index contributed by atoms with van der Waals surface area (Å²) in [5, 5.41) is 2.73. The first kappa shape index (κ1) is 16.0. The lowest BCUT2D eigenvalue weighted by Crippen LogP contribution is -2.37. The van der Waals surface area contributed by atoms with Gasteiger partial charge in [-0.15, -0.1) is 0 Å². The zero-order valence-corrected chi connectivity index (χ0v) is 14.5. The standard InChI is InChI=1S/C19H26N2O2/c1-13(22)20-15-7-5-14(6-8-15)17(23)21-12-19(4)10-16(21)9-18(2,3)11-19/h5-8,16H,9-12H2,1-4H3,(H,20,22). The van der Waals surface area contributed by atoms with Crippen molar-refractivity contribution in [1.29, 1.82) is 0 Å². The third-order valence-electron chi connectivity index (χ3n) is 5.13. The van der Waals surface area contributed by atoms with Crippen LogP contribution in [0.25, 0.3) is 0 Å². The Morgan fingerprint density at radius 2 is 1.78 bits per heavy atom. The number of amides is 2. The largest absolute Gasteiger partial charge is 0.335 e. The first-order chi connectivity index (χ1) is 10.7. The number of nitrogens with one attached hydrogen (secondary N) is 1. The van der Waals surface area contributed by atoms with Gasteiger partial charge in [0.05, 0.1) is 0 Å². The van der Waals surface area contributed by atoms with Gasteiger partial charge in [-0.25, -0.2) is 0 Å². The van der Waals surface area contributed by atoms with E-state index in [1.807, 2.05) is 12.1 Å². The summed E-state index contributed by atoms with van der Waals surface area (Å²) < 4.78 is 0. The summed E-state index contributed by atoms with van der Waals surface area (Å²) in [5.41, 5.74) is 1.98. The van der Waals surface area contributed by atoms with Crippen LogP contribution in [0, 0.1) is 10.8 Å². The predicted octanol–water partition coefficient (Wildman–Crippen LogP) is 3.69. The minimum absolute atomic E-state index is 0.104. The van der Waals surface area contributed by atoms with Gasteiger partial charge < -0.3 is 10.2 Å².